The predicted molar refractivity (Wildman–Crippen MR) is 96.1 cm³/mol. The van der Waals surface area contributed by atoms with E-state index < -0.39 is 0 Å². The van der Waals surface area contributed by atoms with Crippen molar-refractivity contribution in [3.63, 3.8) is 0 Å². The number of rotatable bonds is 5. The quantitative estimate of drug-likeness (QED) is 0.547. The molecule has 4 rings (SSSR count). The lowest BCUT2D eigenvalue weighted by molar-refractivity contribution is 0.378. The second kappa shape index (κ2) is 6.47. The third-order valence-electron chi connectivity index (χ3n) is 4.05. The van der Waals surface area contributed by atoms with Crippen LogP contribution in [0.1, 0.15) is 11.6 Å². The van der Waals surface area contributed by atoms with Crippen LogP contribution in [-0.2, 0) is 6.54 Å². The van der Waals surface area contributed by atoms with E-state index in [1.165, 1.54) is 0 Å². The number of ether oxygens (including phenoxy) is 1. The Kier molecular flexibility index (Phi) is 4.00. The van der Waals surface area contributed by atoms with Gasteiger partial charge in [0.05, 0.1) is 19.9 Å². The minimum absolute atomic E-state index is 0.460. The molecule has 8 nitrogen and oxygen atoms in total. The van der Waals surface area contributed by atoms with Gasteiger partial charge in [-0.15, -0.1) is 0 Å². The summed E-state index contributed by atoms with van der Waals surface area (Å²) in [5, 5.41) is 8.40. The zero-order chi connectivity index (χ0) is 18.1. The molecule has 0 radical (unpaired) electrons. The molecule has 0 saturated heterocycles. The first-order chi connectivity index (χ1) is 12.6. The molecule has 8 heteroatoms. The highest BCUT2D eigenvalue weighted by molar-refractivity contribution is 5.55. The van der Waals surface area contributed by atoms with Crippen LogP contribution in [0.5, 0.6) is 5.75 Å². The molecule has 3 aromatic heterocycles. The lowest BCUT2D eigenvalue weighted by Gasteiger charge is -2.18. The van der Waals surface area contributed by atoms with Crippen molar-refractivity contribution in [1.82, 2.24) is 24.7 Å². The van der Waals surface area contributed by atoms with Crippen LogP contribution in [0.4, 0.5) is 5.82 Å². The SMILES string of the molecule is COc1ccc(-c2noc(CN(C)c3cc(C)nc4ccnn34)n2)cc1. The fourth-order valence-electron chi connectivity index (χ4n) is 2.75. The van der Waals surface area contributed by atoms with E-state index >= 15 is 0 Å². The number of benzene rings is 1. The molecule has 0 atom stereocenters. The van der Waals surface area contributed by atoms with Crippen LogP contribution in [0.15, 0.2) is 47.1 Å². The minimum atomic E-state index is 0.460. The van der Waals surface area contributed by atoms with Crippen LogP contribution in [0, 0.1) is 6.92 Å². The Hall–Kier alpha value is -3.42. The lowest BCUT2D eigenvalue weighted by Crippen LogP contribution is -2.20. The summed E-state index contributed by atoms with van der Waals surface area (Å²) in [6, 6.07) is 11.4. The van der Waals surface area contributed by atoms with Crippen LogP contribution in [-0.4, -0.2) is 38.9 Å². The van der Waals surface area contributed by atoms with E-state index in [-0.39, 0.29) is 0 Å². The summed E-state index contributed by atoms with van der Waals surface area (Å²) in [5.41, 5.74) is 2.60. The summed E-state index contributed by atoms with van der Waals surface area (Å²) in [5.74, 6) is 2.76. The molecule has 3 heterocycles. The number of hydrogen-bond donors (Lipinski definition) is 0. The molecule has 0 aliphatic heterocycles. The van der Waals surface area contributed by atoms with Gasteiger partial charge in [-0.3, -0.25) is 0 Å². The van der Waals surface area contributed by atoms with Gasteiger partial charge in [0.2, 0.25) is 11.7 Å². The molecule has 132 valence electrons. The predicted octanol–water partition coefficient (Wildman–Crippen LogP) is 2.73. The zero-order valence-corrected chi connectivity index (χ0v) is 14.7. The van der Waals surface area contributed by atoms with Crippen molar-refractivity contribution in [2.45, 2.75) is 13.5 Å². The van der Waals surface area contributed by atoms with E-state index in [0.29, 0.717) is 18.3 Å². The van der Waals surface area contributed by atoms with Crippen LogP contribution >= 0.6 is 0 Å². The Morgan fingerprint density at radius 1 is 1.15 bits per heavy atom. The molecule has 0 unspecified atom stereocenters. The van der Waals surface area contributed by atoms with Crippen LogP contribution in [0.25, 0.3) is 17.0 Å². The Labute approximate surface area is 150 Å². The zero-order valence-electron chi connectivity index (χ0n) is 14.7. The molecule has 0 saturated carbocycles. The highest BCUT2D eigenvalue weighted by atomic mass is 16.5. The topological polar surface area (TPSA) is 81.6 Å². The Balaban J connectivity index is 1.57. The van der Waals surface area contributed by atoms with Crippen molar-refractivity contribution in [3.8, 4) is 17.1 Å². The molecule has 4 aromatic rings. The van der Waals surface area contributed by atoms with Gasteiger partial charge in [0.15, 0.2) is 5.65 Å². The molecular weight excluding hydrogens is 332 g/mol. The number of aryl methyl sites for hydroxylation is 1. The highest BCUT2D eigenvalue weighted by Gasteiger charge is 2.14. The van der Waals surface area contributed by atoms with E-state index in [9.17, 15) is 0 Å². The Bertz CT molecular complexity index is 1040. The van der Waals surface area contributed by atoms with Crippen molar-refractivity contribution in [3.05, 3.63) is 54.2 Å². The number of fused-ring (bicyclic) bond motifs is 1. The summed E-state index contributed by atoms with van der Waals surface area (Å²) >= 11 is 0. The molecule has 0 fully saturated rings. The smallest absolute Gasteiger partial charge is 0.246 e. The van der Waals surface area contributed by atoms with Gasteiger partial charge in [0.1, 0.15) is 11.6 Å². The summed E-state index contributed by atoms with van der Waals surface area (Å²) in [4.78, 5) is 10.9. The molecule has 0 bridgehead atoms. The average molecular weight is 350 g/mol. The van der Waals surface area contributed by atoms with Crippen molar-refractivity contribution < 1.29 is 9.26 Å². The van der Waals surface area contributed by atoms with Crippen molar-refractivity contribution in [2.75, 3.05) is 19.1 Å². The lowest BCUT2D eigenvalue weighted by atomic mass is 10.2. The number of nitrogens with zero attached hydrogens (tertiary/aromatic N) is 6. The maximum Gasteiger partial charge on any atom is 0.246 e. The van der Waals surface area contributed by atoms with Crippen LogP contribution in [0.2, 0.25) is 0 Å². The average Bonchev–Trinajstić information content (AvgIpc) is 3.30. The van der Waals surface area contributed by atoms with E-state index in [0.717, 1.165) is 28.5 Å². The largest absolute Gasteiger partial charge is 0.497 e. The van der Waals surface area contributed by atoms with E-state index in [4.69, 9.17) is 9.26 Å². The van der Waals surface area contributed by atoms with Gasteiger partial charge < -0.3 is 14.2 Å². The Morgan fingerprint density at radius 3 is 2.73 bits per heavy atom. The fourth-order valence-corrected chi connectivity index (χ4v) is 2.75. The number of aromatic nitrogens is 5. The highest BCUT2D eigenvalue weighted by Crippen LogP contribution is 2.21. The van der Waals surface area contributed by atoms with Crippen molar-refractivity contribution >= 4 is 11.5 Å². The van der Waals surface area contributed by atoms with Gasteiger partial charge in [-0.2, -0.15) is 14.6 Å². The van der Waals surface area contributed by atoms with Gasteiger partial charge >= 0.3 is 0 Å². The molecule has 0 aliphatic rings. The third kappa shape index (κ3) is 2.97. The minimum Gasteiger partial charge on any atom is -0.497 e. The maximum atomic E-state index is 5.41. The number of anilines is 1. The monoisotopic (exact) mass is 350 g/mol. The fraction of sp³-hybridized carbons (Fsp3) is 0.222. The van der Waals surface area contributed by atoms with Gasteiger partial charge in [-0.25, -0.2) is 4.98 Å². The summed E-state index contributed by atoms with van der Waals surface area (Å²) < 4.78 is 12.4. The summed E-state index contributed by atoms with van der Waals surface area (Å²) in [6.45, 7) is 2.42. The van der Waals surface area contributed by atoms with Crippen LogP contribution in [0.3, 0.4) is 0 Å². The van der Waals surface area contributed by atoms with Crippen molar-refractivity contribution in [1.29, 1.82) is 0 Å². The standard InChI is InChI=1S/C18H18N6O2/c1-12-10-17(24-15(20-12)8-9-19-24)23(2)11-16-21-18(22-26-16)13-4-6-14(25-3)7-5-13/h4-10H,11H2,1-3H3. The summed E-state index contributed by atoms with van der Waals surface area (Å²) in [7, 11) is 3.59. The number of hydrogen-bond acceptors (Lipinski definition) is 7. The second-order valence-electron chi connectivity index (χ2n) is 5.95. The number of methoxy groups -OCH3 is 1. The van der Waals surface area contributed by atoms with Gasteiger partial charge in [0.25, 0.3) is 0 Å². The summed E-state index contributed by atoms with van der Waals surface area (Å²) in [6.07, 6.45) is 1.73. The molecule has 0 spiro atoms. The normalized spacial score (nSPS) is 11.0. The Morgan fingerprint density at radius 2 is 1.96 bits per heavy atom. The molecule has 1 aromatic carbocycles. The van der Waals surface area contributed by atoms with E-state index in [2.05, 4.69) is 20.2 Å². The van der Waals surface area contributed by atoms with E-state index in [1.54, 1.807) is 17.8 Å². The van der Waals surface area contributed by atoms with Gasteiger partial charge in [-0.1, -0.05) is 5.16 Å². The first-order valence-corrected chi connectivity index (χ1v) is 8.13. The molecule has 0 N–H and O–H groups in total. The van der Waals surface area contributed by atoms with Gasteiger partial charge in [0, 0.05) is 30.4 Å². The van der Waals surface area contributed by atoms with Crippen molar-refractivity contribution in [2.24, 2.45) is 0 Å². The molecule has 0 aliphatic carbocycles. The van der Waals surface area contributed by atoms with E-state index in [1.807, 2.05) is 55.3 Å². The second-order valence-corrected chi connectivity index (χ2v) is 5.95. The maximum absolute atomic E-state index is 5.41. The van der Waals surface area contributed by atoms with Crippen LogP contribution < -0.4 is 9.64 Å². The first kappa shape index (κ1) is 16.1. The molecule has 26 heavy (non-hydrogen) atoms. The third-order valence-corrected chi connectivity index (χ3v) is 4.05. The molecular formula is C18H18N6O2. The van der Waals surface area contributed by atoms with Gasteiger partial charge in [-0.05, 0) is 31.2 Å². The first-order valence-electron chi connectivity index (χ1n) is 8.13. The molecule has 0 amide bonds.